The highest BCUT2D eigenvalue weighted by atomic mass is 35.5. The van der Waals surface area contributed by atoms with Gasteiger partial charge in [0.15, 0.2) is 0 Å². The molecule has 1 fully saturated rings. The van der Waals surface area contributed by atoms with Crippen LogP contribution in [-0.4, -0.2) is 60.6 Å². The van der Waals surface area contributed by atoms with Gasteiger partial charge in [0.2, 0.25) is 5.91 Å². The van der Waals surface area contributed by atoms with Gasteiger partial charge in [-0.15, -0.1) is 24.8 Å². The lowest BCUT2D eigenvalue weighted by Crippen LogP contribution is -2.46. The van der Waals surface area contributed by atoms with Gasteiger partial charge in [0, 0.05) is 26.2 Å². The summed E-state index contributed by atoms with van der Waals surface area (Å²) >= 11 is 0. The molecule has 4 nitrogen and oxygen atoms in total. The normalized spacial score (nSPS) is 18.2. The Balaban J connectivity index is 0. The number of rotatable bonds is 4. The van der Waals surface area contributed by atoms with E-state index in [4.69, 9.17) is 5.73 Å². The number of halogens is 5. The van der Waals surface area contributed by atoms with Gasteiger partial charge in [-0.3, -0.25) is 9.69 Å². The lowest BCUT2D eigenvalue weighted by molar-refractivity contribution is -0.145. The number of alkyl halides is 3. The molecule has 9 heteroatoms. The average Bonchev–Trinajstić information content (AvgIpc) is 2.50. The number of nitrogens with zero attached hydrogens (tertiary/aromatic N) is 2. The van der Waals surface area contributed by atoms with E-state index in [9.17, 15) is 18.0 Å². The first-order valence-electron chi connectivity index (χ1n) is 7.02. The van der Waals surface area contributed by atoms with E-state index in [0.29, 0.717) is 38.4 Å². The van der Waals surface area contributed by atoms with Crippen molar-refractivity contribution in [1.82, 2.24) is 9.80 Å². The Morgan fingerprint density at radius 1 is 1.14 bits per heavy atom. The number of amides is 1. The molecular weight excluding hydrogens is 342 g/mol. The van der Waals surface area contributed by atoms with E-state index in [-0.39, 0.29) is 37.3 Å². The zero-order chi connectivity index (χ0) is 15.3. The summed E-state index contributed by atoms with van der Waals surface area (Å²) in [6, 6.07) is -0.552. The molecule has 1 saturated heterocycles. The van der Waals surface area contributed by atoms with E-state index in [1.807, 2.05) is 13.8 Å². The SMILES string of the molecule is CC(C)C[C@H](N)C(=O)N1CCCN(CC(F)(F)F)CC1.Cl.Cl. The van der Waals surface area contributed by atoms with Crippen LogP contribution in [0.4, 0.5) is 13.2 Å². The molecule has 1 rings (SSSR count). The van der Waals surface area contributed by atoms with Crippen molar-refractivity contribution in [3.05, 3.63) is 0 Å². The topological polar surface area (TPSA) is 49.6 Å². The van der Waals surface area contributed by atoms with Gasteiger partial charge in [0.1, 0.15) is 0 Å². The van der Waals surface area contributed by atoms with Crippen LogP contribution in [0.5, 0.6) is 0 Å². The Morgan fingerprint density at radius 3 is 2.23 bits per heavy atom. The highest BCUT2D eigenvalue weighted by molar-refractivity contribution is 5.85. The van der Waals surface area contributed by atoms with Crippen LogP contribution >= 0.6 is 24.8 Å². The van der Waals surface area contributed by atoms with Crippen molar-refractivity contribution in [2.75, 3.05) is 32.7 Å². The molecule has 0 aromatic carbocycles. The summed E-state index contributed by atoms with van der Waals surface area (Å²) in [6.45, 7) is 4.48. The lowest BCUT2D eigenvalue weighted by Gasteiger charge is -2.25. The summed E-state index contributed by atoms with van der Waals surface area (Å²) in [7, 11) is 0. The summed E-state index contributed by atoms with van der Waals surface area (Å²) < 4.78 is 37.1. The van der Waals surface area contributed by atoms with E-state index >= 15 is 0 Å². The maximum Gasteiger partial charge on any atom is 0.401 e. The maximum absolute atomic E-state index is 12.4. The minimum Gasteiger partial charge on any atom is -0.340 e. The van der Waals surface area contributed by atoms with Crippen LogP contribution in [-0.2, 0) is 4.79 Å². The molecule has 0 radical (unpaired) electrons. The van der Waals surface area contributed by atoms with Gasteiger partial charge >= 0.3 is 6.18 Å². The summed E-state index contributed by atoms with van der Waals surface area (Å²) in [6.07, 6.45) is -3.04. The van der Waals surface area contributed by atoms with Crippen LogP contribution in [0.15, 0.2) is 0 Å². The molecule has 1 atom stereocenters. The largest absolute Gasteiger partial charge is 0.401 e. The molecule has 0 bridgehead atoms. The average molecular weight is 368 g/mol. The number of nitrogens with two attached hydrogens (primary N) is 1. The third-order valence-corrected chi connectivity index (χ3v) is 3.35. The quantitative estimate of drug-likeness (QED) is 0.829. The number of hydrogen-bond acceptors (Lipinski definition) is 3. The van der Waals surface area contributed by atoms with Crippen molar-refractivity contribution in [2.24, 2.45) is 11.7 Å². The standard InChI is InChI=1S/C13H24F3N3O.2ClH/c1-10(2)8-11(17)12(20)19-5-3-4-18(6-7-19)9-13(14,15)16;;/h10-11H,3-9,17H2,1-2H3;2*1H/t11-;;/m0../s1. The minimum atomic E-state index is -4.19. The van der Waals surface area contributed by atoms with Crippen LogP contribution < -0.4 is 5.73 Å². The minimum absolute atomic E-state index is 0. The fraction of sp³-hybridized carbons (Fsp3) is 0.923. The van der Waals surface area contributed by atoms with E-state index in [2.05, 4.69) is 0 Å². The maximum atomic E-state index is 12.4. The first kappa shape index (κ1) is 24.0. The second-order valence-corrected chi connectivity index (χ2v) is 5.81. The van der Waals surface area contributed by atoms with Gasteiger partial charge in [0.05, 0.1) is 12.6 Å². The van der Waals surface area contributed by atoms with Crippen molar-refractivity contribution < 1.29 is 18.0 Å². The second kappa shape index (κ2) is 10.5. The molecule has 1 amide bonds. The van der Waals surface area contributed by atoms with Crippen LogP contribution in [0.3, 0.4) is 0 Å². The Morgan fingerprint density at radius 2 is 1.73 bits per heavy atom. The van der Waals surface area contributed by atoms with Crippen LogP contribution in [0.2, 0.25) is 0 Å². The summed E-state index contributed by atoms with van der Waals surface area (Å²) in [4.78, 5) is 15.1. The van der Waals surface area contributed by atoms with Gasteiger partial charge in [0.25, 0.3) is 0 Å². The fourth-order valence-corrected chi connectivity index (χ4v) is 2.45. The summed E-state index contributed by atoms with van der Waals surface area (Å²) in [5.74, 6) is 0.176. The highest BCUT2D eigenvalue weighted by Crippen LogP contribution is 2.18. The molecule has 1 aliphatic heterocycles. The molecular formula is C13H26Cl2F3N3O. The first-order valence-corrected chi connectivity index (χ1v) is 7.02. The van der Waals surface area contributed by atoms with E-state index in [0.717, 1.165) is 0 Å². The molecule has 0 unspecified atom stereocenters. The Kier molecular flexibility index (Phi) is 11.5. The monoisotopic (exact) mass is 367 g/mol. The van der Waals surface area contributed by atoms with E-state index in [1.165, 1.54) is 4.90 Å². The lowest BCUT2D eigenvalue weighted by atomic mass is 10.0. The third kappa shape index (κ3) is 9.02. The van der Waals surface area contributed by atoms with Gasteiger partial charge in [-0.25, -0.2) is 0 Å². The van der Waals surface area contributed by atoms with E-state index < -0.39 is 18.8 Å². The molecule has 0 aromatic rings. The van der Waals surface area contributed by atoms with Crippen LogP contribution in [0.1, 0.15) is 26.7 Å². The number of carbonyl (C=O) groups is 1. The molecule has 1 heterocycles. The zero-order valence-corrected chi connectivity index (χ0v) is 14.6. The predicted molar refractivity (Wildman–Crippen MR) is 85.6 cm³/mol. The Labute approximate surface area is 142 Å². The summed E-state index contributed by atoms with van der Waals surface area (Å²) in [5.41, 5.74) is 5.85. The molecule has 134 valence electrons. The van der Waals surface area contributed by atoms with Crippen LogP contribution in [0, 0.1) is 5.92 Å². The zero-order valence-electron chi connectivity index (χ0n) is 12.9. The molecule has 2 N–H and O–H groups in total. The second-order valence-electron chi connectivity index (χ2n) is 5.81. The van der Waals surface area contributed by atoms with Crippen molar-refractivity contribution >= 4 is 30.7 Å². The Hall–Kier alpha value is -0.240. The van der Waals surface area contributed by atoms with Crippen molar-refractivity contribution in [1.29, 1.82) is 0 Å². The van der Waals surface area contributed by atoms with Crippen molar-refractivity contribution in [2.45, 2.75) is 38.9 Å². The van der Waals surface area contributed by atoms with Crippen LogP contribution in [0.25, 0.3) is 0 Å². The van der Waals surface area contributed by atoms with Gasteiger partial charge in [-0.1, -0.05) is 13.8 Å². The predicted octanol–water partition coefficient (Wildman–Crippen LogP) is 2.30. The fourth-order valence-electron chi connectivity index (χ4n) is 2.45. The molecule has 22 heavy (non-hydrogen) atoms. The highest BCUT2D eigenvalue weighted by Gasteiger charge is 2.32. The van der Waals surface area contributed by atoms with Gasteiger partial charge in [-0.05, 0) is 18.8 Å². The smallest absolute Gasteiger partial charge is 0.340 e. The molecule has 0 saturated carbocycles. The molecule has 0 aromatic heterocycles. The van der Waals surface area contributed by atoms with Gasteiger partial charge in [-0.2, -0.15) is 13.2 Å². The summed E-state index contributed by atoms with van der Waals surface area (Å²) in [5, 5.41) is 0. The van der Waals surface area contributed by atoms with Crippen molar-refractivity contribution in [3.63, 3.8) is 0 Å². The van der Waals surface area contributed by atoms with E-state index in [1.54, 1.807) is 4.90 Å². The van der Waals surface area contributed by atoms with Crippen molar-refractivity contribution in [3.8, 4) is 0 Å². The number of hydrogen-bond donors (Lipinski definition) is 1. The van der Waals surface area contributed by atoms with Gasteiger partial charge < -0.3 is 10.6 Å². The molecule has 0 spiro atoms. The Bertz CT molecular complexity index is 330. The third-order valence-electron chi connectivity index (χ3n) is 3.35. The molecule has 0 aliphatic carbocycles. The first-order chi connectivity index (χ1) is 9.19. The molecule has 1 aliphatic rings. The number of carbonyl (C=O) groups excluding carboxylic acids is 1.